The van der Waals surface area contributed by atoms with Crippen molar-refractivity contribution in [1.29, 1.82) is 0 Å². The molecule has 5 fully saturated rings. The number of dihydropyridines is 1. The van der Waals surface area contributed by atoms with Gasteiger partial charge in [0, 0.05) is 48.6 Å². The first-order valence-corrected chi connectivity index (χ1v) is 20.1. The molecule has 55 heavy (non-hydrogen) atoms. The van der Waals surface area contributed by atoms with Crippen molar-refractivity contribution < 1.29 is 33.2 Å². The van der Waals surface area contributed by atoms with Crippen LogP contribution in [0.5, 0.6) is 5.75 Å². The number of rotatable bonds is 5. The molecule has 12 heteroatoms. The lowest BCUT2D eigenvalue weighted by Gasteiger charge is -2.53. The zero-order valence-electron chi connectivity index (χ0n) is 31.8. The summed E-state index contributed by atoms with van der Waals surface area (Å²) in [5.41, 5.74) is -0.989. The summed E-state index contributed by atoms with van der Waals surface area (Å²) in [4.78, 5) is 19.3. The molecule has 2 N–H and O–H groups in total. The number of fused-ring (bicyclic) bond motifs is 3. The van der Waals surface area contributed by atoms with Gasteiger partial charge in [-0.15, -0.1) is 6.42 Å². The molecule has 3 saturated heterocycles. The molecule has 7 aliphatic rings. The number of benzene rings is 2. The molecule has 0 radical (unpaired) electrons. The predicted molar refractivity (Wildman–Crippen MR) is 206 cm³/mol. The lowest BCUT2D eigenvalue weighted by Crippen LogP contribution is -2.58. The third-order valence-electron chi connectivity index (χ3n) is 13.8. The Morgan fingerprint density at radius 3 is 2.53 bits per heavy atom. The first-order chi connectivity index (χ1) is 26.5. The number of aliphatic imine (C=N–C) groups is 3. The average Bonchev–Trinajstić information content (AvgIpc) is 3.61. The minimum absolute atomic E-state index is 0.0253. The van der Waals surface area contributed by atoms with Gasteiger partial charge in [0.05, 0.1) is 35.7 Å². The van der Waals surface area contributed by atoms with Gasteiger partial charge in [0.2, 0.25) is 0 Å². The van der Waals surface area contributed by atoms with Crippen LogP contribution in [0, 0.1) is 29.5 Å². The summed E-state index contributed by atoms with van der Waals surface area (Å²) >= 11 is 0. The van der Waals surface area contributed by atoms with E-state index in [9.17, 15) is 10.2 Å². The van der Waals surface area contributed by atoms with Crippen molar-refractivity contribution in [3.63, 3.8) is 0 Å². The Kier molecular flexibility index (Phi) is 9.31. The highest BCUT2D eigenvalue weighted by Crippen LogP contribution is 2.51. The molecule has 292 valence electrons. The van der Waals surface area contributed by atoms with Gasteiger partial charge in [0.15, 0.2) is 12.1 Å². The van der Waals surface area contributed by atoms with Crippen molar-refractivity contribution in [2.24, 2.45) is 26.3 Å². The molecule has 5 heterocycles. The number of likely N-dealkylation sites (tertiary alicyclic amines) is 2. The van der Waals surface area contributed by atoms with E-state index in [1.807, 2.05) is 4.90 Å². The molecule has 5 atom stereocenters. The molecule has 0 amide bonds. The van der Waals surface area contributed by atoms with Crippen molar-refractivity contribution in [3.05, 3.63) is 52.7 Å². The fraction of sp³-hybridized carbons (Fsp3) is 0.605. The predicted octanol–water partition coefficient (Wildman–Crippen LogP) is 6.61. The number of methoxy groups -OCH3 is 1. The molecule has 2 aromatic rings. The van der Waals surface area contributed by atoms with E-state index in [0.717, 1.165) is 70.9 Å². The Labute approximate surface area is 321 Å². The SMILES string of the molecule is C#Cc1c(F)ccc2cc(O)cc(C3=NC(OC)C4C(N5CCC[C@@](C)(O)C5)=NC(OC[C@]56CCC[C@H]5N(C5CCC7(CCO7)CC5)CCC6)=NC4=C3F)c12. The van der Waals surface area contributed by atoms with Crippen LogP contribution in [0.25, 0.3) is 10.8 Å². The van der Waals surface area contributed by atoms with E-state index in [-0.39, 0.29) is 57.3 Å². The molecule has 9 rings (SSSR count). The number of ether oxygens (including phenoxy) is 3. The van der Waals surface area contributed by atoms with Gasteiger partial charge in [-0.1, -0.05) is 18.4 Å². The summed E-state index contributed by atoms with van der Waals surface area (Å²) in [6.45, 7) is 5.08. The number of aliphatic hydroxyl groups is 1. The maximum Gasteiger partial charge on any atom is 0.318 e. The van der Waals surface area contributed by atoms with E-state index >= 15 is 8.78 Å². The van der Waals surface area contributed by atoms with Crippen LogP contribution in [0.4, 0.5) is 8.78 Å². The third-order valence-corrected chi connectivity index (χ3v) is 13.8. The number of terminal acetylenes is 1. The molecular formula is C43H51F2N5O5. The van der Waals surface area contributed by atoms with Gasteiger partial charge < -0.3 is 29.3 Å². The molecule has 0 aromatic heterocycles. The molecule has 2 saturated carbocycles. The Balaban J connectivity index is 1.08. The van der Waals surface area contributed by atoms with E-state index < -0.39 is 29.4 Å². The van der Waals surface area contributed by atoms with Crippen molar-refractivity contribution in [2.75, 3.05) is 40.0 Å². The lowest BCUT2D eigenvalue weighted by molar-refractivity contribution is -0.175. The van der Waals surface area contributed by atoms with Gasteiger partial charge in [0.25, 0.3) is 0 Å². The molecule has 2 unspecified atom stereocenters. The van der Waals surface area contributed by atoms with E-state index in [1.165, 1.54) is 37.8 Å². The number of amidine groups is 2. The van der Waals surface area contributed by atoms with Gasteiger partial charge in [0.1, 0.15) is 29.0 Å². The Morgan fingerprint density at radius 1 is 1.02 bits per heavy atom. The van der Waals surface area contributed by atoms with Crippen LogP contribution in [-0.2, 0) is 14.2 Å². The van der Waals surface area contributed by atoms with E-state index in [4.69, 9.17) is 35.6 Å². The van der Waals surface area contributed by atoms with Crippen LogP contribution >= 0.6 is 0 Å². The molecule has 2 aliphatic carbocycles. The topological polar surface area (TPSA) is 112 Å². The van der Waals surface area contributed by atoms with E-state index in [0.29, 0.717) is 49.3 Å². The van der Waals surface area contributed by atoms with Gasteiger partial charge in [-0.05, 0) is 108 Å². The van der Waals surface area contributed by atoms with Crippen LogP contribution in [-0.4, -0.2) is 107 Å². The maximum absolute atomic E-state index is 17.4. The van der Waals surface area contributed by atoms with Crippen LogP contribution in [0.15, 0.2) is 50.8 Å². The largest absolute Gasteiger partial charge is 0.508 e. The number of hydrogen-bond donors (Lipinski definition) is 2. The number of halogens is 2. The van der Waals surface area contributed by atoms with Crippen LogP contribution in [0.3, 0.4) is 0 Å². The highest BCUT2D eigenvalue weighted by atomic mass is 19.1. The number of piperidine rings is 2. The minimum atomic E-state index is -0.981. The second-order valence-electron chi connectivity index (χ2n) is 17.2. The van der Waals surface area contributed by atoms with Gasteiger partial charge in [-0.2, -0.15) is 9.98 Å². The number of aromatic hydroxyl groups is 1. The number of phenols is 1. The van der Waals surface area contributed by atoms with Gasteiger partial charge in [-0.25, -0.2) is 13.8 Å². The molecule has 0 bridgehead atoms. The minimum Gasteiger partial charge on any atom is -0.508 e. The van der Waals surface area contributed by atoms with Crippen LogP contribution < -0.4 is 0 Å². The summed E-state index contributed by atoms with van der Waals surface area (Å²) in [5, 5.41) is 22.6. The van der Waals surface area contributed by atoms with Crippen molar-refractivity contribution >= 4 is 28.3 Å². The number of phenolic OH excluding ortho intramolecular Hbond substituents is 1. The lowest BCUT2D eigenvalue weighted by atomic mass is 9.72. The standard InChI is InChI=1S/C43H51F2N5O5/c1-4-29-31(44)10-9-26-22-28(51)23-30(33(26)29)36-35(45)37-34(39(46-36)53-3)38(49-19-6-13-41(2,52)24-49)48-40(47-37)54-25-42-14-5-8-32(42)50(20-7-15-42)27-11-16-43(17-12-27)18-21-55-43/h1,9-10,22-23,27,32,34,39,51-52H,5-8,11-21,24-25H2,2-3H3/t27?,32-,34?,39?,41-,42-,43?/m1/s1. The monoisotopic (exact) mass is 755 g/mol. The summed E-state index contributed by atoms with van der Waals surface area (Å²) in [5.74, 6) is 0.475. The normalized spacial score (nSPS) is 35.1. The zero-order valence-corrected chi connectivity index (χ0v) is 31.8. The second-order valence-corrected chi connectivity index (χ2v) is 17.2. The first kappa shape index (κ1) is 36.7. The molecule has 1 spiro atoms. The summed E-state index contributed by atoms with van der Waals surface area (Å²) in [7, 11) is 1.49. The third kappa shape index (κ3) is 6.35. The van der Waals surface area contributed by atoms with E-state index in [1.54, 1.807) is 6.92 Å². The zero-order chi connectivity index (χ0) is 38.1. The summed E-state index contributed by atoms with van der Waals surface area (Å²) < 4.78 is 51.1. The Hall–Kier alpha value is -3.89. The second kappa shape index (κ2) is 13.9. The fourth-order valence-electron chi connectivity index (χ4n) is 11.0. The highest BCUT2D eigenvalue weighted by Gasteiger charge is 2.52. The summed E-state index contributed by atoms with van der Waals surface area (Å²) in [6, 6.07) is 6.52. The van der Waals surface area contributed by atoms with Crippen molar-refractivity contribution in [1.82, 2.24) is 9.80 Å². The molecule has 5 aliphatic heterocycles. The fourth-order valence-corrected chi connectivity index (χ4v) is 11.0. The van der Waals surface area contributed by atoms with Crippen LogP contribution in [0.1, 0.15) is 95.1 Å². The van der Waals surface area contributed by atoms with Gasteiger partial charge in [-0.3, -0.25) is 4.90 Å². The average molecular weight is 756 g/mol. The number of β-amino-alcohol motifs (C(OH)–C–C–N with tert-alkyl or cyclic N) is 1. The quantitative estimate of drug-likeness (QED) is 0.331. The smallest absolute Gasteiger partial charge is 0.318 e. The Bertz CT molecular complexity index is 2040. The summed E-state index contributed by atoms with van der Waals surface area (Å²) in [6.07, 6.45) is 17.4. The van der Waals surface area contributed by atoms with Crippen LogP contribution in [0.2, 0.25) is 0 Å². The molecule has 10 nitrogen and oxygen atoms in total. The van der Waals surface area contributed by atoms with Crippen molar-refractivity contribution in [2.45, 2.75) is 113 Å². The first-order valence-electron chi connectivity index (χ1n) is 20.1. The van der Waals surface area contributed by atoms with Gasteiger partial charge >= 0.3 is 6.02 Å². The molecular weight excluding hydrogens is 704 g/mol. The maximum atomic E-state index is 17.4. The number of nitrogens with zero attached hydrogens (tertiary/aromatic N) is 5. The number of hydrogen-bond acceptors (Lipinski definition) is 10. The number of allylic oxidation sites excluding steroid dienone is 1. The molecule has 2 aromatic carbocycles. The highest BCUT2D eigenvalue weighted by molar-refractivity contribution is 6.21. The van der Waals surface area contributed by atoms with E-state index in [2.05, 4.69) is 10.8 Å². The van der Waals surface area contributed by atoms with Crippen molar-refractivity contribution in [3.8, 4) is 18.1 Å². The Morgan fingerprint density at radius 2 is 1.80 bits per heavy atom.